The van der Waals surface area contributed by atoms with E-state index in [1.54, 1.807) is 36.6 Å². The Labute approximate surface area is 172 Å². The fourth-order valence-corrected chi connectivity index (χ4v) is 3.16. The summed E-state index contributed by atoms with van der Waals surface area (Å²) >= 11 is 0. The van der Waals surface area contributed by atoms with Crippen molar-refractivity contribution in [1.29, 1.82) is 0 Å². The third-order valence-corrected chi connectivity index (χ3v) is 4.67. The minimum atomic E-state index is -5.06. The van der Waals surface area contributed by atoms with Crippen LogP contribution in [0.4, 0.5) is 32.0 Å². The van der Waals surface area contributed by atoms with Gasteiger partial charge in [-0.2, -0.15) is 26.3 Å². The van der Waals surface area contributed by atoms with Crippen molar-refractivity contribution in [2.24, 2.45) is 0 Å². The Morgan fingerprint density at radius 2 is 1.55 bits per heavy atom. The molecule has 0 saturated carbocycles. The number of hydrogen-bond donors (Lipinski definition) is 1. The standard InChI is InChI=1S/C21H16F6N2O2/c1-3-29-10-16(18(30)15-6-11(2)4-5-17(15)29)19(31)28-14-8-12(20(22,23)24)7-13(9-14)21(25,26)27/h4-10H,3H2,1-2H3,(H,28,31). The molecule has 31 heavy (non-hydrogen) atoms. The molecule has 10 heteroatoms. The highest BCUT2D eigenvalue weighted by atomic mass is 19.4. The average Bonchev–Trinajstić information content (AvgIpc) is 2.67. The Kier molecular flexibility index (Phi) is 5.60. The first-order valence-corrected chi connectivity index (χ1v) is 9.06. The molecule has 0 atom stereocenters. The summed E-state index contributed by atoms with van der Waals surface area (Å²) in [6.07, 6.45) is -8.89. The van der Waals surface area contributed by atoms with E-state index in [2.05, 4.69) is 0 Å². The van der Waals surface area contributed by atoms with Crippen molar-refractivity contribution in [3.8, 4) is 0 Å². The lowest BCUT2D eigenvalue weighted by molar-refractivity contribution is -0.143. The number of nitrogens with one attached hydrogen (secondary N) is 1. The number of hydrogen-bond acceptors (Lipinski definition) is 2. The first-order valence-electron chi connectivity index (χ1n) is 9.06. The van der Waals surface area contributed by atoms with Gasteiger partial charge in [-0.3, -0.25) is 9.59 Å². The Morgan fingerprint density at radius 1 is 0.968 bits per heavy atom. The molecule has 0 bridgehead atoms. The van der Waals surface area contributed by atoms with Gasteiger partial charge in [0.05, 0.1) is 16.6 Å². The minimum absolute atomic E-state index is 0.0431. The van der Waals surface area contributed by atoms with Crippen LogP contribution in [0.3, 0.4) is 0 Å². The number of benzene rings is 2. The maximum absolute atomic E-state index is 13.0. The molecule has 2 aromatic carbocycles. The molecule has 4 nitrogen and oxygen atoms in total. The zero-order valence-electron chi connectivity index (χ0n) is 16.3. The molecule has 0 unspecified atom stereocenters. The van der Waals surface area contributed by atoms with E-state index in [1.807, 2.05) is 5.32 Å². The van der Waals surface area contributed by atoms with E-state index in [9.17, 15) is 35.9 Å². The van der Waals surface area contributed by atoms with Gasteiger partial charge in [0.2, 0.25) is 5.43 Å². The maximum atomic E-state index is 13.0. The van der Waals surface area contributed by atoms with Gasteiger partial charge < -0.3 is 9.88 Å². The lowest BCUT2D eigenvalue weighted by Gasteiger charge is -2.15. The third-order valence-electron chi connectivity index (χ3n) is 4.67. The fourth-order valence-electron chi connectivity index (χ4n) is 3.16. The molecule has 0 fully saturated rings. The summed E-state index contributed by atoms with van der Waals surface area (Å²) in [5, 5.41) is 2.22. The topological polar surface area (TPSA) is 51.1 Å². The number of rotatable bonds is 3. The van der Waals surface area contributed by atoms with Gasteiger partial charge in [-0.1, -0.05) is 11.6 Å². The van der Waals surface area contributed by atoms with Gasteiger partial charge in [0.1, 0.15) is 5.56 Å². The summed E-state index contributed by atoms with van der Waals surface area (Å²) in [4.78, 5) is 25.5. The van der Waals surface area contributed by atoms with Gasteiger partial charge in [-0.05, 0) is 44.2 Å². The maximum Gasteiger partial charge on any atom is 0.416 e. The zero-order chi connectivity index (χ0) is 23.1. The largest absolute Gasteiger partial charge is 0.416 e. The van der Waals surface area contributed by atoms with Crippen molar-refractivity contribution in [3.63, 3.8) is 0 Å². The predicted octanol–water partition coefficient (Wildman–Crippen LogP) is 5.62. The van der Waals surface area contributed by atoms with Crippen molar-refractivity contribution in [2.45, 2.75) is 32.7 Å². The van der Waals surface area contributed by atoms with Crippen LogP contribution in [0, 0.1) is 6.92 Å². The number of halogens is 6. The number of carbonyl (C=O) groups excluding carboxylic acids is 1. The van der Waals surface area contributed by atoms with Gasteiger partial charge in [-0.15, -0.1) is 0 Å². The van der Waals surface area contributed by atoms with Gasteiger partial charge in [0.15, 0.2) is 0 Å². The van der Waals surface area contributed by atoms with Crippen molar-refractivity contribution >= 4 is 22.5 Å². The summed E-state index contributed by atoms with van der Waals surface area (Å²) < 4.78 is 79.8. The normalized spacial score (nSPS) is 12.3. The highest BCUT2D eigenvalue weighted by Crippen LogP contribution is 2.37. The molecule has 1 N–H and O–H groups in total. The van der Waals surface area contributed by atoms with Crippen molar-refractivity contribution in [1.82, 2.24) is 4.57 Å². The molecule has 0 aliphatic carbocycles. The highest BCUT2D eigenvalue weighted by Gasteiger charge is 2.37. The minimum Gasteiger partial charge on any atom is -0.347 e. The van der Waals surface area contributed by atoms with Crippen LogP contribution in [0.2, 0.25) is 0 Å². The molecule has 0 spiro atoms. The SMILES string of the molecule is CCn1cc(C(=O)Nc2cc(C(F)(F)F)cc(C(F)(F)F)c2)c(=O)c2cc(C)ccc21. The lowest BCUT2D eigenvalue weighted by Crippen LogP contribution is -2.24. The van der Waals surface area contributed by atoms with Crippen molar-refractivity contribution in [2.75, 3.05) is 5.32 Å². The number of fused-ring (bicyclic) bond motifs is 1. The number of amides is 1. The summed E-state index contributed by atoms with van der Waals surface area (Å²) in [7, 11) is 0. The summed E-state index contributed by atoms with van der Waals surface area (Å²) in [5.41, 5.74) is -3.64. The molecule has 0 aliphatic heterocycles. The van der Waals surface area contributed by atoms with Gasteiger partial charge in [0.25, 0.3) is 5.91 Å². The number of carbonyl (C=O) groups is 1. The average molecular weight is 442 g/mol. The molecular formula is C21H16F6N2O2. The lowest BCUT2D eigenvalue weighted by atomic mass is 10.1. The molecule has 0 radical (unpaired) electrons. The van der Waals surface area contributed by atoms with Crippen molar-refractivity contribution in [3.05, 3.63) is 75.1 Å². The summed E-state index contributed by atoms with van der Waals surface area (Å²) in [5.74, 6) is -1.11. The number of aryl methyl sites for hydroxylation is 2. The fraction of sp³-hybridized carbons (Fsp3) is 0.238. The molecule has 1 aromatic heterocycles. The molecule has 3 aromatic rings. The number of nitrogens with zero attached hydrogens (tertiary/aromatic N) is 1. The zero-order valence-corrected chi connectivity index (χ0v) is 16.3. The van der Waals surface area contributed by atoms with Crippen LogP contribution in [0.25, 0.3) is 10.9 Å². The molecule has 164 valence electrons. The van der Waals surface area contributed by atoms with E-state index in [1.165, 1.54) is 6.20 Å². The molecule has 1 amide bonds. The summed E-state index contributed by atoms with van der Waals surface area (Å²) in [6.45, 7) is 3.87. The van der Waals surface area contributed by atoms with Crippen LogP contribution in [0.5, 0.6) is 0 Å². The first-order chi connectivity index (χ1) is 14.3. The number of alkyl halides is 6. The second-order valence-electron chi connectivity index (χ2n) is 6.93. The van der Waals surface area contributed by atoms with Gasteiger partial charge in [-0.25, -0.2) is 0 Å². The number of pyridine rings is 1. The molecule has 1 heterocycles. The van der Waals surface area contributed by atoms with E-state index >= 15 is 0 Å². The Balaban J connectivity index is 2.10. The van der Waals surface area contributed by atoms with Crippen LogP contribution < -0.4 is 10.7 Å². The van der Waals surface area contributed by atoms with E-state index in [0.29, 0.717) is 24.2 Å². The Morgan fingerprint density at radius 3 is 2.06 bits per heavy atom. The van der Waals surface area contributed by atoms with Crippen LogP contribution >= 0.6 is 0 Å². The monoisotopic (exact) mass is 442 g/mol. The van der Waals surface area contributed by atoms with Crippen LogP contribution in [0.15, 0.2) is 47.4 Å². The van der Waals surface area contributed by atoms with Crippen molar-refractivity contribution < 1.29 is 31.1 Å². The Hall–Kier alpha value is -3.30. The van der Waals surface area contributed by atoms with E-state index in [0.717, 1.165) is 5.56 Å². The number of anilines is 1. The molecular weight excluding hydrogens is 426 g/mol. The molecule has 3 rings (SSSR count). The van der Waals surface area contributed by atoms with Crippen LogP contribution in [0.1, 0.15) is 34.0 Å². The Bertz CT molecular complexity index is 1190. The van der Waals surface area contributed by atoms with E-state index < -0.39 is 46.1 Å². The first kappa shape index (κ1) is 22.4. The summed E-state index contributed by atoms with van der Waals surface area (Å²) in [6, 6.07) is 5.76. The molecule has 0 aliphatic rings. The molecule has 0 saturated heterocycles. The van der Waals surface area contributed by atoms with E-state index in [4.69, 9.17) is 0 Å². The third kappa shape index (κ3) is 4.57. The van der Waals surface area contributed by atoms with E-state index in [-0.39, 0.29) is 11.5 Å². The second-order valence-corrected chi connectivity index (χ2v) is 6.93. The van der Waals surface area contributed by atoms with Gasteiger partial charge in [0, 0.05) is 23.8 Å². The van der Waals surface area contributed by atoms with Crippen LogP contribution in [-0.4, -0.2) is 10.5 Å². The van der Waals surface area contributed by atoms with Gasteiger partial charge >= 0.3 is 12.4 Å². The predicted molar refractivity (Wildman–Crippen MR) is 103 cm³/mol. The quantitative estimate of drug-likeness (QED) is 0.536. The second kappa shape index (κ2) is 7.75. The number of aromatic nitrogens is 1. The highest BCUT2D eigenvalue weighted by molar-refractivity contribution is 6.05. The van der Waals surface area contributed by atoms with Crippen LogP contribution in [-0.2, 0) is 18.9 Å². The smallest absolute Gasteiger partial charge is 0.347 e.